The fourth-order valence-electron chi connectivity index (χ4n) is 2.81. The Kier molecular flexibility index (Phi) is 5.50. The lowest BCUT2D eigenvalue weighted by atomic mass is 10.2. The zero-order valence-corrected chi connectivity index (χ0v) is 17.4. The first kappa shape index (κ1) is 21.0. The summed E-state index contributed by atoms with van der Waals surface area (Å²) < 4.78 is 40.6. The van der Waals surface area contributed by atoms with E-state index in [2.05, 4.69) is 20.3 Å². The highest BCUT2D eigenvalue weighted by Gasteiger charge is 2.33. The Hall–Kier alpha value is -3.24. The number of benzene rings is 2. The lowest BCUT2D eigenvalue weighted by Gasteiger charge is -2.07. The highest BCUT2D eigenvalue weighted by Crippen LogP contribution is 2.36. The van der Waals surface area contributed by atoms with E-state index in [1.54, 1.807) is 24.4 Å². The van der Waals surface area contributed by atoms with Gasteiger partial charge in [-0.2, -0.15) is 17.9 Å². The molecule has 158 valence electrons. The van der Waals surface area contributed by atoms with Crippen LogP contribution in [0.3, 0.4) is 0 Å². The second-order valence-corrected chi connectivity index (χ2v) is 7.74. The quantitative estimate of drug-likeness (QED) is 0.342. The summed E-state index contributed by atoms with van der Waals surface area (Å²) in [7, 11) is 0. The molecule has 0 aliphatic heterocycles. The minimum absolute atomic E-state index is 0.0970. The molecule has 4 rings (SSSR count). The molecule has 6 nitrogen and oxygen atoms in total. The number of hydrogen-bond donors (Lipinski definition) is 1. The molecule has 0 saturated carbocycles. The zero-order valence-electron chi connectivity index (χ0n) is 15.8. The van der Waals surface area contributed by atoms with Gasteiger partial charge in [0, 0.05) is 16.0 Å². The molecule has 0 radical (unpaired) electrons. The van der Waals surface area contributed by atoms with Gasteiger partial charge < -0.3 is 0 Å². The van der Waals surface area contributed by atoms with Crippen LogP contribution in [0.1, 0.15) is 11.3 Å². The van der Waals surface area contributed by atoms with Gasteiger partial charge in [0.2, 0.25) is 5.13 Å². The summed E-state index contributed by atoms with van der Waals surface area (Å²) in [6.45, 7) is 1.58. The Morgan fingerprint density at radius 3 is 2.52 bits per heavy atom. The normalized spacial score (nSPS) is 12.0. The van der Waals surface area contributed by atoms with E-state index in [0.29, 0.717) is 21.5 Å². The predicted molar refractivity (Wildman–Crippen MR) is 113 cm³/mol. The van der Waals surface area contributed by atoms with Crippen LogP contribution in [0.5, 0.6) is 0 Å². The Bertz CT molecular complexity index is 1320. The van der Waals surface area contributed by atoms with E-state index in [4.69, 9.17) is 11.6 Å². The van der Waals surface area contributed by atoms with Crippen molar-refractivity contribution in [3.05, 3.63) is 80.5 Å². The van der Waals surface area contributed by atoms with Gasteiger partial charge in [0.1, 0.15) is 0 Å². The summed E-state index contributed by atoms with van der Waals surface area (Å²) >= 11 is 7.12. The third-order valence-electron chi connectivity index (χ3n) is 4.33. The van der Waals surface area contributed by atoms with Crippen molar-refractivity contribution in [3.63, 3.8) is 0 Å². The van der Waals surface area contributed by atoms with E-state index in [-0.39, 0.29) is 11.4 Å². The summed E-state index contributed by atoms with van der Waals surface area (Å²) in [6.07, 6.45) is -4.58. The molecule has 2 heterocycles. The van der Waals surface area contributed by atoms with Gasteiger partial charge >= 0.3 is 11.7 Å². The molecule has 31 heavy (non-hydrogen) atoms. The van der Waals surface area contributed by atoms with Gasteiger partial charge in [0.15, 0.2) is 5.69 Å². The first-order valence-electron chi connectivity index (χ1n) is 8.85. The number of rotatable bonds is 4. The van der Waals surface area contributed by atoms with Crippen LogP contribution >= 0.6 is 22.9 Å². The molecule has 0 atom stereocenters. The second-order valence-electron chi connectivity index (χ2n) is 6.46. The molecule has 0 bridgehead atoms. The summed E-state index contributed by atoms with van der Waals surface area (Å²) in [5.41, 5.74) is -0.143. The number of aromatic amines is 1. The van der Waals surface area contributed by atoms with E-state index >= 15 is 0 Å². The van der Waals surface area contributed by atoms with Gasteiger partial charge in [-0.15, -0.1) is 21.6 Å². The lowest BCUT2D eigenvalue weighted by Crippen LogP contribution is -2.13. The van der Waals surface area contributed by atoms with Crippen LogP contribution in [-0.2, 0) is 6.18 Å². The second kappa shape index (κ2) is 8.12. The number of nitrogens with zero attached hydrogens (tertiary/aromatic N) is 4. The van der Waals surface area contributed by atoms with Gasteiger partial charge in [0.25, 0.3) is 0 Å². The van der Waals surface area contributed by atoms with Crippen molar-refractivity contribution in [2.24, 2.45) is 10.2 Å². The first-order chi connectivity index (χ1) is 14.7. The van der Waals surface area contributed by atoms with Crippen molar-refractivity contribution >= 4 is 34.3 Å². The number of azo groups is 1. The molecular formula is C20H13ClF3N5OS. The number of H-pyrrole nitrogens is 1. The van der Waals surface area contributed by atoms with Gasteiger partial charge in [-0.3, -0.25) is 9.89 Å². The highest BCUT2D eigenvalue weighted by atomic mass is 35.5. The molecule has 1 N–H and O–H groups in total. The molecule has 2 aromatic heterocycles. The maximum Gasteiger partial charge on any atom is 0.418 e. The summed E-state index contributed by atoms with van der Waals surface area (Å²) in [5.74, 6) is 0. The predicted octanol–water partition coefficient (Wildman–Crippen LogP) is 6.69. The standard InChI is InChI=1S/C20H13ClF3N5OS/c1-11-17(27-26-15-5-3-2-4-14(15)20(22,23)24)18(30)29(28-11)19-25-16(10-31-19)12-6-8-13(21)9-7-12/h2-10,28H,1H3. The van der Waals surface area contributed by atoms with Crippen molar-refractivity contribution in [2.75, 3.05) is 0 Å². The third kappa shape index (κ3) is 4.30. The van der Waals surface area contributed by atoms with Gasteiger partial charge in [-0.05, 0) is 31.2 Å². The largest absolute Gasteiger partial charge is 0.418 e. The van der Waals surface area contributed by atoms with Crippen molar-refractivity contribution in [2.45, 2.75) is 13.1 Å². The van der Waals surface area contributed by atoms with Crippen LogP contribution in [0.25, 0.3) is 16.4 Å². The van der Waals surface area contributed by atoms with E-state index in [0.717, 1.165) is 11.6 Å². The maximum atomic E-state index is 13.1. The minimum Gasteiger partial charge on any atom is -0.291 e. The topological polar surface area (TPSA) is 75.4 Å². The van der Waals surface area contributed by atoms with E-state index in [1.807, 2.05) is 12.1 Å². The van der Waals surface area contributed by atoms with Crippen LogP contribution in [0, 0.1) is 6.92 Å². The number of aryl methyl sites for hydroxylation is 1. The van der Waals surface area contributed by atoms with Crippen molar-refractivity contribution in [3.8, 4) is 16.4 Å². The number of thiazole rings is 1. The Labute approximate surface area is 182 Å². The molecule has 2 aromatic carbocycles. The molecule has 4 aromatic rings. The molecule has 0 saturated heterocycles. The summed E-state index contributed by atoms with van der Waals surface area (Å²) in [5, 5.41) is 13.0. The van der Waals surface area contributed by atoms with Crippen LogP contribution in [0.4, 0.5) is 24.5 Å². The molecule has 0 aliphatic carbocycles. The number of hydrogen-bond acceptors (Lipinski definition) is 5. The molecular weight excluding hydrogens is 451 g/mol. The molecule has 0 aliphatic rings. The smallest absolute Gasteiger partial charge is 0.291 e. The van der Waals surface area contributed by atoms with Crippen LogP contribution in [-0.4, -0.2) is 14.8 Å². The number of aromatic nitrogens is 3. The van der Waals surface area contributed by atoms with Crippen molar-refractivity contribution < 1.29 is 13.2 Å². The monoisotopic (exact) mass is 463 g/mol. The van der Waals surface area contributed by atoms with Gasteiger partial charge in [0.05, 0.1) is 22.6 Å². The van der Waals surface area contributed by atoms with Crippen molar-refractivity contribution in [1.82, 2.24) is 14.8 Å². The lowest BCUT2D eigenvalue weighted by molar-refractivity contribution is -0.137. The van der Waals surface area contributed by atoms with Crippen LogP contribution in [0.2, 0.25) is 5.02 Å². The number of alkyl halides is 3. The minimum atomic E-state index is -4.58. The average molecular weight is 464 g/mol. The molecule has 0 amide bonds. The SMILES string of the molecule is Cc1[nH]n(-c2nc(-c3ccc(Cl)cc3)cs2)c(=O)c1N=Nc1ccccc1C(F)(F)F. The highest BCUT2D eigenvalue weighted by molar-refractivity contribution is 7.12. The van der Waals surface area contributed by atoms with E-state index in [9.17, 15) is 18.0 Å². The Morgan fingerprint density at radius 2 is 1.81 bits per heavy atom. The summed E-state index contributed by atoms with van der Waals surface area (Å²) in [6, 6.07) is 11.9. The molecule has 11 heteroatoms. The fraction of sp³-hybridized carbons (Fsp3) is 0.100. The van der Waals surface area contributed by atoms with Gasteiger partial charge in [-0.25, -0.2) is 4.98 Å². The molecule has 0 fully saturated rings. The van der Waals surface area contributed by atoms with E-state index < -0.39 is 17.3 Å². The first-order valence-corrected chi connectivity index (χ1v) is 10.1. The molecule has 0 spiro atoms. The van der Waals surface area contributed by atoms with Crippen molar-refractivity contribution in [1.29, 1.82) is 0 Å². The van der Waals surface area contributed by atoms with Crippen LogP contribution < -0.4 is 5.56 Å². The zero-order chi connectivity index (χ0) is 22.2. The third-order valence-corrected chi connectivity index (χ3v) is 5.41. The summed E-state index contributed by atoms with van der Waals surface area (Å²) in [4.78, 5) is 17.2. The fourth-order valence-corrected chi connectivity index (χ4v) is 3.73. The average Bonchev–Trinajstić information content (AvgIpc) is 3.31. The maximum absolute atomic E-state index is 13.1. The number of nitrogens with one attached hydrogen (secondary N) is 1. The Morgan fingerprint density at radius 1 is 1.10 bits per heavy atom. The van der Waals surface area contributed by atoms with Gasteiger partial charge in [-0.1, -0.05) is 35.9 Å². The number of halogens is 4. The van der Waals surface area contributed by atoms with E-state index in [1.165, 1.54) is 34.2 Å². The molecule has 0 unspecified atom stereocenters. The Balaban J connectivity index is 1.68. The van der Waals surface area contributed by atoms with Crippen LogP contribution in [0.15, 0.2) is 68.9 Å².